The van der Waals surface area contributed by atoms with E-state index in [-0.39, 0.29) is 0 Å². The van der Waals surface area contributed by atoms with Crippen LogP contribution in [0.1, 0.15) is 26.2 Å². The Morgan fingerprint density at radius 2 is 2.00 bits per heavy atom. The summed E-state index contributed by atoms with van der Waals surface area (Å²) in [6.45, 7) is 3.52. The highest BCUT2D eigenvalue weighted by Gasteiger charge is 2.38. The van der Waals surface area contributed by atoms with E-state index in [0.29, 0.717) is 12.1 Å². The number of likely N-dealkylation sites (tertiary alicyclic amines) is 1. The van der Waals surface area contributed by atoms with Gasteiger partial charge in [0.1, 0.15) is 12.7 Å². The van der Waals surface area contributed by atoms with Crippen molar-refractivity contribution in [2.24, 2.45) is 0 Å². The number of anilines is 1. The van der Waals surface area contributed by atoms with Crippen LogP contribution in [0.4, 0.5) is 5.69 Å². The van der Waals surface area contributed by atoms with Crippen molar-refractivity contribution < 1.29 is 0 Å². The lowest BCUT2D eigenvalue weighted by molar-refractivity contribution is 0.257. The molecule has 1 N–H and O–H groups in total. The Bertz CT molecular complexity index is 605. The van der Waals surface area contributed by atoms with Gasteiger partial charge in [-0.05, 0) is 44.4 Å². The summed E-state index contributed by atoms with van der Waals surface area (Å²) in [5.74, 6) is 0. The fraction of sp³-hybridized carbons (Fsp3) is 0.500. The summed E-state index contributed by atoms with van der Waals surface area (Å²) in [6.07, 6.45) is 7.46. The second-order valence-corrected chi connectivity index (χ2v) is 6.27. The molecular formula is C16H21N5. The molecule has 1 aliphatic carbocycles. The van der Waals surface area contributed by atoms with Gasteiger partial charge in [-0.3, -0.25) is 9.47 Å². The first-order chi connectivity index (χ1) is 10.3. The highest BCUT2D eigenvalue weighted by molar-refractivity contribution is 5.51. The van der Waals surface area contributed by atoms with E-state index in [0.717, 1.165) is 11.7 Å². The average Bonchev–Trinajstić information content (AvgIpc) is 3.04. The van der Waals surface area contributed by atoms with Crippen LogP contribution in [-0.4, -0.2) is 44.3 Å². The molecular weight excluding hydrogens is 262 g/mol. The Balaban J connectivity index is 1.46. The second-order valence-electron chi connectivity index (χ2n) is 6.27. The smallest absolute Gasteiger partial charge is 0.123 e. The number of hydrogen-bond acceptors (Lipinski definition) is 4. The van der Waals surface area contributed by atoms with Crippen LogP contribution in [0.2, 0.25) is 0 Å². The van der Waals surface area contributed by atoms with Gasteiger partial charge in [0.15, 0.2) is 0 Å². The van der Waals surface area contributed by atoms with Gasteiger partial charge in [0.25, 0.3) is 0 Å². The summed E-state index contributed by atoms with van der Waals surface area (Å²) < 4.78 is 1.93. The summed E-state index contributed by atoms with van der Waals surface area (Å²) in [5, 5.41) is 11.4. The van der Waals surface area contributed by atoms with Crippen LogP contribution >= 0.6 is 0 Å². The normalized spacial score (nSPS) is 26.1. The van der Waals surface area contributed by atoms with E-state index >= 15 is 0 Å². The van der Waals surface area contributed by atoms with Crippen molar-refractivity contribution in [1.29, 1.82) is 0 Å². The molecule has 5 heteroatoms. The molecule has 5 nitrogen and oxygen atoms in total. The zero-order valence-electron chi connectivity index (χ0n) is 12.3. The minimum Gasteiger partial charge on any atom is -0.381 e. The number of benzene rings is 1. The minimum atomic E-state index is 0.553. The summed E-state index contributed by atoms with van der Waals surface area (Å²) in [4.78, 5) is 2.67. The molecule has 2 heterocycles. The molecule has 0 unspecified atom stereocenters. The van der Waals surface area contributed by atoms with Crippen molar-refractivity contribution in [3.63, 3.8) is 0 Å². The van der Waals surface area contributed by atoms with Gasteiger partial charge in [0.05, 0.1) is 5.69 Å². The highest BCUT2D eigenvalue weighted by atomic mass is 15.3. The third-order valence-corrected chi connectivity index (χ3v) is 4.57. The van der Waals surface area contributed by atoms with Gasteiger partial charge >= 0.3 is 0 Å². The van der Waals surface area contributed by atoms with Crippen molar-refractivity contribution in [3.05, 3.63) is 36.9 Å². The van der Waals surface area contributed by atoms with E-state index in [1.54, 1.807) is 12.7 Å². The average molecular weight is 283 g/mol. The molecule has 1 aromatic carbocycles. The molecule has 2 atom stereocenters. The first-order valence-corrected chi connectivity index (χ1v) is 7.77. The predicted octanol–water partition coefficient (Wildman–Crippen LogP) is 2.30. The zero-order valence-corrected chi connectivity index (χ0v) is 12.3. The van der Waals surface area contributed by atoms with Gasteiger partial charge in [-0.25, -0.2) is 0 Å². The summed E-state index contributed by atoms with van der Waals surface area (Å²) in [6, 6.07) is 10.6. The Morgan fingerprint density at radius 3 is 2.76 bits per heavy atom. The Kier molecular flexibility index (Phi) is 3.15. The van der Waals surface area contributed by atoms with Crippen LogP contribution in [0.5, 0.6) is 0 Å². The van der Waals surface area contributed by atoms with Crippen molar-refractivity contribution >= 4 is 5.69 Å². The number of aromatic nitrogens is 3. The summed E-state index contributed by atoms with van der Waals surface area (Å²) in [7, 11) is 0. The van der Waals surface area contributed by atoms with Crippen LogP contribution in [0.3, 0.4) is 0 Å². The van der Waals surface area contributed by atoms with E-state index in [1.165, 1.54) is 31.5 Å². The minimum absolute atomic E-state index is 0.553. The first kappa shape index (κ1) is 12.8. The Morgan fingerprint density at radius 1 is 1.19 bits per heavy atom. The van der Waals surface area contributed by atoms with Crippen LogP contribution in [0, 0.1) is 0 Å². The third kappa shape index (κ3) is 2.65. The lowest BCUT2D eigenvalue weighted by atomic mass is 10.2. The summed E-state index contributed by atoms with van der Waals surface area (Å²) in [5.41, 5.74) is 2.27. The standard InChI is InChI=1S/C16H21N5/c1-12-7-14(9-21(12)15-5-6-15)19-13-3-2-4-16(8-13)20-10-17-18-11-20/h2-4,8,10-12,14-15,19H,5-7,9H2,1H3/t12-,14+/m0/s1. The molecule has 4 rings (SSSR count). The molecule has 1 aliphatic heterocycles. The maximum atomic E-state index is 3.86. The maximum absolute atomic E-state index is 3.86. The van der Waals surface area contributed by atoms with E-state index in [4.69, 9.17) is 0 Å². The third-order valence-electron chi connectivity index (χ3n) is 4.57. The van der Waals surface area contributed by atoms with Gasteiger partial charge in [0.2, 0.25) is 0 Å². The van der Waals surface area contributed by atoms with Crippen LogP contribution < -0.4 is 5.32 Å². The number of nitrogens with one attached hydrogen (secondary N) is 1. The predicted molar refractivity (Wildman–Crippen MR) is 82.6 cm³/mol. The molecule has 110 valence electrons. The van der Waals surface area contributed by atoms with Gasteiger partial charge < -0.3 is 5.32 Å². The van der Waals surface area contributed by atoms with Gasteiger partial charge in [-0.1, -0.05) is 6.07 Å². The molecule has 2 fully saturated rings. The summed E-state index contributed by atoms with van der Waals surface area (Å²) >= 11 is 0. The number of rotatable bonds is 4. The molecule has 21 heavy (non-hydrogen) atoms. The molecule has 1 aromatic heterocycles. The SMILES string of the molecule is C[C@H]1C[C@@H](Nc2cccc(-n3cnnc3)c2)CN1C1CC1. The maximum Gasteiger partial charge on any atom is 0.123 e. The van der Waals surface area contributed by atoms with E-state index in [2.05, 4.69) is 51.6 Å². The highest BCUT2D eigenvalue weighted by Crippen LogP contribution is 2.34. The van der Waals surface area contributed by atoms with Crippen molar-refractivity contribution in [1.82, 2.24) is 19.7 Å². The molecule has 1 saturated heterocycles. The van der Waals surface area contributed by atoms with Gasteiger partial charge in [-0.15, -0.1) is 10.2 Å². The van der Waals surface area contributed by atoms with Crippen LogP contribution in [0.15, 0.2) is 36.9 Å². The molecule has 1 saturated carbocycles. The number of nitrogens with zero attached hydrogens (tertiary/aromatic N) is 4. The topological polar surface area (TPSA) is 46.0 Å². The van der Waals surface area contributed by atoms with Crippen LogP contribution in [0.25, 0.3) is 5.69 Å². The molecule has 0 amide bonds. The van der Waals surface area contributed by atoms with Crippen molar-refractivity contribution in [2.45, 2.75) is 44.3 Å². The van der Waals surface area contributed by atoms with E-state index in [1.807, 2.05) is 4.57 Å². The van der Waals surface area contributed by atoms with E-state index < -0.39 is 0 Å². The molecule has 0 radical (unpaired) electrons. The quantitative estimate of drug-likeness (QED) is 0.935. The lowest BCUT2D eigenvalue weighted by Gasteiger charge is -2.20. The molecule has 0 spiro atoms. The fourth-order valence-electron chi connectivity index (χ4n) is 3.40. The Labute approximate surface area is 125 Å². The lowest BCUT2D eigenvalue weighted by Crippen LogP contribution is -2.31. The number of hydrogen-bond donors (Lipinski definition) is 1. The molecule has 0 bridgehead atoms. The molecule has 2 aromatic rings. The molecule has 2 aliphatic rings. The zero-order chi connectivity index (χ0) is 14.2. The monoisotopic (exact) mass is 283 g/mol. The Hall–Kier alpha value is -1.88. The fourth-order valence-corrected chi connectivity index (χ4v) is 3.40. The largest absolute Gasteiger partial charge is 0.381 e. The van der Waals surface area contributed by atoms with Crippen molar-refractivity contribution in [3.8, 4) is 5.69 Å². The van der Waals surface area contributed by atoms with Gasteiger partial charge in [0, 0.05) is 30.4 Å². The van der Waals surface area contributed by atoms with Crippen LogP contribution in [-0.2, 0) is 0 Å². The second kappa shape index (κ2) is 5.15. The van der Waals surface area contributed by atoms with Gasteiger partial charge in [-0.2, -0.15) is 0 Å². The first-order valence-electron chi connectivity index (χ1n) is 7.77. The van der Waals surface area contributed by atoms with E-state index in [9.17, 15) is 0 Å². The van der Waals surface area contributed by atoms with Crippen molar-refractivity contribution in [2.75, 3.05) is 11.9 Å².